The number of benzene rings is 2. The van der Waals surface area contributed by atoms with Crippen LogP contribution in [0.4, 0.5) is 5.69 Å². The smallest absolute Gasteiger partial charge is 0.328 e. The van der Waals surface area contributed by atoms with Crippen molar-refractivity contribution in [1.82, 2.24) is 0 Å². The van der Waals surface area contributed by atoms with E-state index in [2.05, 4.69) is 0 Å². The SMILES string of the molecule is CS(=O)(=O)N(c1ccccc1)C1CCC2Oc3c(C=CC(=O)O)cccc3C21. The maximum Gasteiger partial charge on any atom is 0.328 e. The van der Waals surface area contributed by atoms with Crippen LogP contribution in [0.1, 0.15) is 29.9 Å². The summed E-state index contributed by atoms with van der Waals surface area (Å²) in [4.78, 5) is 10.9. The molecule has 1 fully saturated rings. The van der Waals surface area contributed by atoms with Crippen molar-refractivity contribution in [1.29, 1.82) is 0 Å². The van der Waals surface area contributed by atoms with Crippen LogP contribution in [0.3, 0.4) is 0 Å². The molecule has 1 saturated carbocycles. The van der Waals surface area contributed by atoms with Gasteiger partial charge in [0.05, 0.1) is 18.0 Å². The van der Waals surface area contributed by atoms with Gasteiger partial charge in [0, 0.05) is 23.1 Å². The fourth-order valence-electron chi connectivity index (χ4n) is 4.36. The number of fused-ring (bicyclic) bond motifs is 3. The lowest BCUT2D eigenvalue weighted by molar-refractivity contribution is -0.131. The summed E-state index contributed by atoms with van der Waals surface area (Å²) < 4.78 is 33.0. The first-order valence-electron chi connectivity index (χ1n) is 9.11. The minimum Gasteiger partial charge on any atom is -0.489 e. The molecule has 1 N–H and O–H groups in total. The van der Waals surface area contributed by atoms with Gasteiger partial charge in [-0.05, 0) is 31.1 Å². The lowest BCUT2D eigenvalue weighted by Crippen LogP contribution is -2.42. The van der Waals surface area contributed by atoms with E-state index in [-0.39, 0.29) is 18.1 Å². The van der Waals surface area contributed by atoms with Crippen LogP contribution in [-0.4, -0.2) is 37.9 Å². The van der Waals surface area contributed by atoms with Crippen molar-refractivity contribution in [3.05, 3.63) is 65.7 Å². The third-order valence-corrected chi connectivity index (χ3v) is 6.54. The molecule has 0 saturated heterocycles. The van der Waals surface area contributed by atoms with E-state index in [1.165, 1.54) is 16.6 Å². The molecule has 3 unspecified atom stereocenters. The molecule has 6 nitrogen and oxygen atoms in total. The standard InChI is InChI=1S/C21H21NO5S/c1-28(25,26)22(15-7-3-2-4-8-15)17-11-12-18-20(17)16-9-5-6-14(21(16)27-18)10-13-19(23)24/h2-10,13,17-18,20H,11-12H2,1H3,(H,23,24). The largest absolute Gasteiger partial charge is 0.489 e. The number of carboxylic acid groups (broad SMARTS) is 1. The third kappa shape index (κ3) is 3.26. The lowest BCUT2D eigenvalue weighted by atomic mass is 9.92. The first kappa shape index (κ1) is 18.6. The van der Waals surface area contributed by atoms with Crippen LogP contribution < -0.4 is 9.04 Å². The Morgan fingerprint density at radius 1 is 1.14 bits per heavy atom. The fourth-order valence-corrected chi connectivity index (χ4v) is 5.60. The van der Waals surface area contributed by atoms with E-state index < -0.39 is 16.0 Å². The third-order valence-electron chi connectivity index (χ3n) is 5.34. The van der Waals surface area contributed by atoms with E-state index in [0.717, 1.165) is 18.1 Å². The Morgan fingerprint density at radius 2 is 1.89 bits per heavy atom. The van der Waals surface area contributed by atoms with Gasteiger partial charge in [-0.15, -0.1) is 0 Å². The van der Waals surface area contributed by atoms with Crippen molar-refractivity contribution < 1.29 is 23.1 Å². The van der Waals surface area contributed by atoms with Gasteiger partial charge < -0.3 is 9.84 Å². The summed E-state index contributed by atoms with van der Waals surface area (Å²) in [6.45, 7) is 0. The van der Waals surface area contributed by atoms with Crippen molar-refractivity contribution >= 4 is 27.8 Å². The number of sulfonamides is 1. The number of para-hydroxylation sites is 2. The quantitative estimate of drug-likeness (QED) is 0.780. The summed E-state index contributed by atoms with van der Waals surface area (Å²) in [6, 6.07) is 14.5. The fraction of sp³-hybridized carbons (Fsp3) is 0.286. The molecule has 0 aromatic heterocycles. The zero-order valence-corrected chi connectivity index (χ0v) is 16.2. The first-order valence-corrected chi connectivity index (χ1v) is 11.0. The molecule has 1 aliphatic carbocycles. The Kier molecular flexibility index (Phi) is 4.63. The van der Waals surface area contributed by atoms with Gasteiger partial charge in [-0.25, -0.2) is 13.2 Å². The molecule has 2 aromatic rings. The molecule has 4 rings (SSSR count). The monoisotopic (exact) mass is 399 g/mol. The molecule has 0 spiro atoms. The maximum atomic E-state index is 12.7. The molecule has 0 amide bonds. The summed E-state index contributed by atoms with van der Waals surface area (Å²) in [5.74, 6) is -0.467. The van der Waals surface area contributed by atoms with Gasteiger partial charge in [-0.2, -0.15) is 0 Å². The molecule has 1 aliphatic heterocycles. The normalized spacial score (nSPS) is 23.2. The number of hydrogen-bond acceptors (Lipinski definition) is 4. The van der Waals surface area contributed by atoms with Gasteiger partial charge in [-0.3, -0.25) is 4.31 Å². The number of anilines is 1. The molecule has 28 heavy (non-hydrogen) atoms. The van der Waals surface area contributed by atoms with Crippen LogP contribution >= 0.6 is 0 Å². The molecule has 3 atom stereocenters. The highest BCUT2D eigenvalue weighted by Gasteiger charge is 2.49. The van der Waals surface area contributed by atoms with E-state index in [1.54, 1.807) is 18.2 Å². The minimum atomic E-state index is -3.49. The zero-order valence-electron chi connectivity index (χ0n) is 15.4. The van der Waals surface area contributed by atoms with Crippen LogP contribution in [0.25, 0.3) is 6.08 Å². The minimum absolute atomic E-state index is 0.0943. The lowest BCUT2D eigenvalue weighted by Gasteiger charge is -2.32. The van der Waals surface area contributed by atoms with Gasteiger partial charge >= 0.3 is 5.97 Å². The van der Waals surface area contributed by atoms with E-state index in [9.17, 15) is 13.2 Å². The van der Waals surface area contributed by atoms with Gasteiger partial charge in [0.15, 0.2) is 0 Å². The highest BCUT2D eigenvalue weighted by molar-refractivity contribution is 7.92. The van der Waals surface area contributed by atoms with Gasteiger partial charge in [0.25, 0.3) is 0 Å². The van der Waals surface area contributed by atoms with Crippen LogP contribution in [0, 0.1) is 0 Å². The van der Waals surface area contributed by atoms with E-state index >= 15 is 0 Å². The van der Waals surface area contributed by atoms with Crippen LogP contribution in [0.15, 0.2) is 54.6 Å². The van der Waals surface area contributed by atoms with Gasteiger partial charge in [0.1, 0.15) is 11.9 Å². The second-order valence-corrected chi connectivity index (χ2v) is 9.02. The summed E-state index contributed by atoms with van der Waals surface area (Å²) in [5.41, 5.74) is 2.27. The predicted octanol–water partition coefficient (Wildman–Crippen LogP) is 3.26. The van der Waals surface area contributed by atoms with E-state index in [0.29, 0.717) is 23.4 Å². The van der Waals surface area contributed by atoms with Crippen molar-refractivity contribution in [2.45, 2.75) is 30.9 Å². The summed E-state index contributed by atoms with van der Waals surface area (Å²) in [7, 11) is -3.49. The molecule has 7 heteroatoms. The Bertz CT molecular complexity index is 1030. The summed E-state index contributed by atoms with van der Waals surface area (Å²) in [6.07, 6.45) is 5.15. The Morgan fingerprint density at radius 3 is 2.57 bits per heavy atom. The number of nitrogens with zero attached hydrogens (tertiary/aromatic N) is 1. The maximum absolute atomic E-state index is 12.7. The number of carboxylic acids is 1. The van der Waals surface area contributed by atoms with Crippen LogP contribution in [-0.2, 0) is 14.8 Å². The molecular weight excluding hydrogens is 378 g/mol. The van der Waals surface area contributed by atoms with Crippen LogP contribution in [0.5, 0.6) is 5.75 Å². The Hall–Kier alpha value is -2.80. The summed E-state index contributed by atoms with van der Waals surface area (Å²) in [5, 5.41) is 8.91. The van der Waals surface area contributed by atoms with Crippen molar-refractivity contribution in [2.75, 3.05) is 10.6 Å². The second kappa shape index (κ2) is 6.98. The average Bonchev–Trinajstić information content (AvgIpc) is 3.20. The molecule has 2 aromatic carbocycles. The number of aliphatic carboxylic acids is 1. The molecule has 0 radical (unpaired) electrons. The average molecular weight is 399 g/mol. The second-order valence-electron chi connectivity index (χ2n) is 7.16. The van der Waals surface area contributed by atoms with Gasteiger partial charge in [0.2, 0.25) is 10.0 Å². The topological polar surface area (TPSA) is 83.9 Å². The zero-order chi connectivity index (χ0) is 19.9. The van der Waals surface area contributed by atoms with Gasteiger partial charge in [-0.1, -0.05) is 36.4 Å². The molecule has 0 bridgehead atoms. The molecule has 1 heterocycles. The van der Waals surface area contributed by atoms with E-state index in [1.807, 2.05) is 30.3 Å². The first-order chi connectivity index (χ1) is 13.4. The predicted molar refractivity (Wildman–Crippen MR) is 107 cm³/mol. The number of rotatable bonds is 5. The van der Waals surface area contributed by atoms with Crippen molar-refractivity contribution in [2.24, 2.45) is 0 Å². The van der Waals surface area contributed by atoms with E-state index in [4.69, 9.17) is 9.84 Å². The van der Waals surface area contributed by atoms with Crippen LogP contribution in [0.2, 0.25) is 0 Å². The Labute approximate surface area is 164 Å². The van der Waals surface area contributed by atoms with Crippen molar-refractivity contribution in [3.63, 3.8) is 0 Å². The molecule has 2 aliphatic rings. The number of hydrogen-bond donors (Lipinski definition) is 1. The number of ether oxygens (including phenoxy) is 1. The molecular formula is C21H21NO5S. The summed E-state index contributed by atoms with van der Waals surface area (Å²) >= 11 is 0. The molecule has 146 valence electrons. The Balaban J connectivity index is 1.76. The number of carbonyl (C=O) groups is 1. The highest BCUT2D eigenvalue weighted by atomic mass is 32.2. The highest BCUT2D eigenvalue weighted by Crippen LogP contribution is 2.51. The van der Waals surface area contributed by atoms with Crippen molar-refractivity contribution in [3.8, 4) is 5.75 Å².